The molecule has 3 rings (SSSR count). The number of rotatable bonds is 7. The van der Waals surface area contributed by atoms with Crippen LogP contribution in [0.5, 0.6) is 11.5 Å². The van der Waals surface area contributed by atoms with E-state index in [0.29, 0.717) is 28.7 Å². The van der Waals surface area contributed by atoms with Crippen molar-refractivity contribution >= 4 is 23.7 Å². The SMILES string of the molecule is COc1cc(/C=N/NC(=O)c2ccccc2C)ccc1OCc1ccc(Cl)cc1. The van der Waals surface area contributed by atoms with E-state index in [2.05, 4.69) is 10.5 Å². The lowest BCUT2D eigenvalue weighted by atomic mass is 10.1. The zero-order chi connectivity index (χ0) is 20.6. The summed E-state index contributed by atoms with van der Waals surface area (Å²) in [5, 5.41) is 4.72. The van der Waals surface area contributed by atoms with Crippen LogP contribution >= 0.6 is 11.6 Å². The van der Waals surface area contributed by atoms with Crippen molar-refractivity contribution in [1.29, 1.82) is 0 Å². The van der Waals surface area contributed by atoms with Gasteiger partial charge in [-0.1, -0.05) is 41.9 Å². The Balaban J connectivity index is 1.63. The monoisotopic (exact) mass is 408 g/mol. The zero-order valence-corrected chi connectivity index (χ0v) is 16.9. The average Bonchev–Trinajstić information content (AvgIpc) is 2.74. The van der Waals surface area contributed by atoms with E-state index in [-0.39, 0.29) is 5.91 Å². The topological polar surface area (TPSA) is 59.9 Å². The summed E-state index contributed by atoms with van der Waals surface area (Å²) in [6, 6.07) is 20.2. The molecule has 0 aliphatic carbocycles. The second-order valence-electron chi connectivity index (χ2n) is 6.34. The van der Waals surface area contributed by atoms with Crippen LogP contribution in [-0.2, 0) is 6.61 Å². The average molecular weight is 409 g/mol. The summed E-state index contributed by atoms with van der Waals surface area (Å²) < 4.78 is 11.3. The Morgan fingerprint density at radius 2 is 1.83 bits per heavy atom. The van der Waals surface area contributed by atoms with Gasteiger partial charge in [0.2, 0.25) is 0 Å². The van der Waals surface area contributed by atoms with Crippen molar-refractivity contribution in [2.24, 2.45) is 5.10 Å². The molecule has 1 N–H and O–H groups in total. The molecule has 0 aliphatic heterocycles. The number of hydrogen-bond donors (Lipinski definition) is 1. The number of hydrogen-bond acceptors (Lipinski definition) is 4. The number of methoxy groups -OCH3 is 1. The van der Waals surface area contributed by atoms with Gasteiger partial charge in [-0.25, -0.2) is 5.43 Å². The highest BCUT2D eigenvalue weighted by Gasteiger charge is 2.08. The van der Waals surface area contributed by atoms with E-state index in [0.717, 1.165) is 16.7 Å². The summed E-state index contributed by atoms with van der Waals surface area (Å²) in [4.78, 5) is 12.2. The molecule has 29 heavy (non-hydrogen) atoms. The molecule has 0 heterocycles. The van der Waals surface area contributed by atoms with Crippen molar-refractivity contribution in [2.45, 2.75) is 13.5 Å². The highest BCUT2D eigenvalue weighted by molar-refractivity contribution is 6.30. The standard InChI is InChI=1S/C23H21ClN2O3/c1-16-5-3-4-6-20(16)23(27)26-25-14-18-9-12-21(22(13-18)28-2)29-15-17-7-10-19(24)11-8-17/h3-14H,15H2,1-2H3,(H,26,27)/b25-14+. The first-order valence-electron chi connectivity index (χ1n) is 9.01. The first kappa shape index (κ1) is 20.4. The summed E-state index contributed by atoms with van der Waals surface area (Å²) in [7, 11) is 1.57. The van der Waals surface area contributed by atoms with E-state index < -0.39 is 0 Å². The fourth-order valence-electron chi connectivity index (χ4n) is 2.68. The summed E-state index contributed by atoms with van der Waals surface area (Å²) in [5.41, 5.74) is 5.79. The molecule has 1 amide bonds. The van der Waals surface area contributed by atoms with Crippen LogP contribution < -0.4 is 14.9 Å². The van der Waals surface area contributed by atoms with Crippen LogP contribution in [-0.4, -0.2) is 19.2 Å². The summed E-state index contributed by atoms with van der Waals surface area (Å²) in [6.45, 7) is 2.28. The third-order valence-electron chi connectivity index (χ3n) is 4.26. The lowest BCUT2D eigenvalue weighted by molar-refractivity contribution is 0.0954. The Morgan fingerprint density at radius 1 is 1.07 bits per heavy atom. The molecule has 0 fully saturated rings. The highest BCUT2D eigenvalue weighted by Crippen LogP contribution is 2.28. The Morgan fingerprint density at radius 3 is 2.55 bits per heavy atom. The number of ether oxygens (including phenoxy) is 2. The maximum atomic E-state index is 12.2. The minimum absolute atomic E-state index is 0.255. The first-order valence-corrected chi connectivity index (χ1v) is 9.39. The smallest absolute Gasteiger partial charge is 0.271 e. The molecular formula is C23H21ClN2O3. The van der Waals surface area contributed by atoms with Crippen molar-refractivity contribution in [3.63, 3.8) is 0 Å². The lowest BCUT2D eigenvalue weighted by Crippen LogP contribution is -2.18. The van der Waals surface area contributed by atoms with Crippen LogP contribution in [0.15, 0.2) is 71.8 Å². The molecule has 0 saturated heterocycles. The third kappa shape index (κ3) is 5.59. The van der Waals surface area contributed by atoms with Gasteiger partial charge in [-0.05, 0) is 60.0 Å². The molecular weight excluding hydrogens is 388 g/mol. The summed E-state index contributed by atoms with van der Waals surface area (Å²) >= 11 is 5.90. The minimum Gasteiger partial charge on any atom is -0.493 e. The van der Waals surface area contributed by atoms with Crippen molar-refractivity contribution in [2.75, 3.05) is 7.11 Å². The second-order valence-corrected chi connectivity index (χ2v) is 6.78. The van der Waals surface area contributed by atoms with Crippen LogP contribution in [0.3, 0.4) is 0 Å². The molecule has 0 aromatic heterocycles. The largest absolute Gasteiger partial charge is 0.493 e. The van der Waals surface area contributed by atoms with Crippen molar-refractivity contribution < 1.29 is 14.3 Å². The number of nitrogens with one attached hydrogen (secondary N) is 1. The van der Waals surface area contributed by atoms with E-state index in [9.17, 15) is 4.79 Å². The van der Waals surface area contributed by atoms with Crippen LogP contribution in [0.2, 0.25) is 5.02 Å². The molecule has 0 spiro atoms. The molecule has 6 heteroatoms. The van der Waals surface area contributed by atoms with Crippen LogP contribution in [0.25, 0.3) is 0 Å². The van der Waals surface area contributed by atoms with Crippen LogP contribution in [0.1, 0.15) is 27.0 Å². The van der Waals surface area contributed by atoms with Crippen molar-refractivity contribution in [1.82, 2.24) is 5.43 Å². The number of halogens is 1. The Hall–Kier alpha value is -3.31. The Bertz CT molecular complexity index is 1020. The predicted octanol–water partition coefficient (Wildman–Crippen LogP) is 5.00. The maximum absolute atomic E-state index is 12.2. The fraction of sp³-hybridized carbons (Fsp3) is 0.130. The van der Waals surface area contributed by atoms with E-state index in [1.807, 2.05) is 55.5 Å². The molecule has 148 valence electrons. The fourth-order valence-corrected chi connectivity index (χ4v) is 2.80. The van der Waals surface area contributed by atoms with E-state index in [4.69, 9.17) is 21.1 Å². The van der Waals surface area contributed by atoms with Gasteiger partial charge in [0.25, 0.3) is 5.91 Å². The van der Waals surface area contributed by atoms with Gasteiger partial charge in [-0.2, -0.15) is 5.10 Å². The summed E-state index contributed by atoms with van der Waals surface area (Å²) in [5.74, 6) is 0.936. The quantitative estimate of drug-likeness (QED) is 0.442. The molecule has 3 aromatic carbocycles. The number of hydrazone groups is 1. The van der Waals surface area contributed by atoms with Crippen molar-refractivity contribution in [3.8, 4) is 11.5 Å². The van der Waals surface area contributed by atoms with Gasteiger partial charge >= 0.3 is 0 Å². The number of nitrogens with zero attached hydrogens (tertiary/aromatic N) is 1. The molecule has 5 nitrogen and oxygen atoms in total. The van der Waals surface area contributed by atoms with Gasteiger partial charge in [0.05, 0.1) is 13.3 Å². The van der Waals surface area contributed by atoms with Gasteiger partial charge in [0.15, 0.2) is 11.5 Å². The zero-order valence-electron chi connectivity index (χ0n) is 16.2. The third-order valence-corrected chi connectivity index (χ3v) is 4.52. The lowest BCUT2D eigenvalue weighted by Gasteiger charge is -2.11. The van der Waals surface area contributed by atoms with E-state index in [1.165, 1.54) is 0 Å². The molecule has 0 bridgehead atoms. The summed E-state index contributed by atoms with van der Waals surface area (Å²) in [6.07, 6.45) is 1.56. The van der Waals surface area contributed by atoms with E-state index in [1.54, 1.807) is 31.5 Å². The van der Waals surface area contributed by atoms with Gasteiger partial charge in [0, 0.05) is 10.6 Å². The highest BCUT2D eigenvalue weighted by atomic mass is 35.5. The van der Waals surface area contributed by atoms with Gasteiger partial charge < -0.3 is 9.47 Å². The number of benzene rings is 3. The minimum atomic E-state index is -0.255. The maximum Gasteiger partial charge on any atom is 0.271 e. The number of carbonyl (C=O) groups is 1. The molecule has 0 aliphatic rings. The van der Waals surface area contributed by atoms with Crippen LogP contribution in [0, 0.1) is 6.92 Å². The molecule has 0 saturated carbocycles. The molecule has 0 unspecified atom stereocenters. The van der Waals surface area contributed by atoms with E-state index >= 15 is 0 Å². The number of amides is 1. The number of aryl methyl sites for hydroxylation is 1. The van der Waals surface area contributed by atoms with Gasteiger partial charge in [0.1, 0.15) is 6.61 Å². The molecule has 0 radical (unpaired) electrons. The van der Waals surface area contributed by atoms with Gasteiger partial charge in [-0.15, -0.1) is 0 Å². The molecule has 3 aromatic rings. The second kappa shape index (κ2) is 9.75. The Kier molecular flexibility index (Phi) is 6.87. The normalized spacial score (nSPS) is 10.7. The number of carbonyl (C=O) groups excluding carboxylic acids is 1. The molecule has 0 atom stereocenters. The Labute approximate surface area is 174 Å². The predicted molar refractivity (Wildman–Crippen MR) is 115 cm³/mol. The van der Waals surface area contributed by atoms with Crippen molar-refractivity contribution in [3.05, 3.63) is 94.0 Å². The van der Waals surface area contributed by atoms with Crippen LogP contribution in [0.4, 0.5) is 0 Å². The first-order chi connectivity index (χ1) is 14.1. The van der Waals surface area contributed by atoms with Gasteiger partial charge in [-0.3, -0.25) is 4.79 Å².